The molecule has 2 amide bonds. The van der Waals surface area contributed by atoms with Crippen molar-refractivity contribution in [1.82, 2.24) is 9.80 Å². The lowest BCUT2D eigenvalue weighted by Gasteiger charge is -2.23. The number of hydrogen-bond donors (Lipinski definition) is 0. The third-order valence-corrected chi connectivity index (χ3v) is 7.20. The van der Waals surface area contributed by atoms with Crippen LogP contribution < -0.4 is 18.9 Å². The second-order valence-electron chi connectivity index (χ2n) is 11.0. The summed E-state index contributed by atoms with van der Waals surface area (Å²) in [6.45, 7) is 12.9. The molecule has 0 saturated heterocycles. The molecule has 0 saturated carbocycles. The number of carbonyl (C=O) groups excluding carboxylic acids is 2. The van der Waals surface area contributed by atoms with Crippen molar-refractivity contribution in [2.45, 2.75) is 79.1 Å². The summed E-state index contributed by atoms with van der Waals surface area (Å²) in [6, 6.07) is 14.7. The van der Waals surface area contributed by atoms with Crippen LogP contribution in [0.5, 0.6) is 23.0 Å². The molecule has 252 valence electrons. The zero-order chi connectivity index (χ0) is 32.5. The zero-order valence-electron chi connectivity index (χ0n) is 28.1. The largest absolute Gasteiger partial charge is 0.487 e. The van der Waals surface area contributed by atoms with Crippen molar-refractivity contribution in [3.05, 3.63) is 48.5 Å². The first-order valence-electron chi connectivity index (χ1n) is 16.9. The maximum atomic E-state index is 12.8. The second-order valence-corrected chi connectivity index (χ2v) is 11.0. The molecule has 2 aromatic rings. The Labute approximate surface area is 271 Å². The highest BCUT2D eigenvalue weighted by Crippen LogP contribution is 2.27. The van der Waals surface area contributed by atoms with Gasteiger partial charge in [0.2, 0.25) is 0 Å². The first kappa shape index (κ1) is 37.7. The number of benzene rings is 2. The highest BCUT2D eigenvalue weighted by Gasteiger charge is 2.16. The molecule has 0 unspecified atom stereocenters. The minimum Gasteiger partial charge on any atom is -0.487 e. The average Bonchev–Trinajstić information content (AvgIpc) is 3.06. The Morgan fingerprint density at radius 2 is 0.800 bits per heavy atom. The fraction of sp³-hybridized carbons (Fsp3) is 0.611. The standard InChI is InChI=1S/C36H56N2O7/c1-5-9-21-37(22-10-6-2)35(39)29-44-33-19-15-13-17-31(33)42-27-25-41-26-28-43-32-18-14-16-20-34(32)45-30-36(40)38(23-11-7-3)24-12-8-4/h13-20H,5-12,21-30H2,1-4H3. The fourth-order valence-corrected chi connectivity index (χ4v) is 4.48. The quantitative estimate of drug-likeness (QED) is 0.106. The van der Waals surface area contributed by atoms with Crippen LogP contribution in [-0.2, 0) is 14.3 Å². The van der Waals surface area contributed by atoms with Crippen molar-refractivity contribution in [3.8, 4) is 23.0 Å². The molecule has 0 aromatic heterocycles. The van der Waals surface area contributed by atoms with Gasteiger partial charge in [-0.3, -0.25) is 9.59 Å². The summed E-state index contributed by atoms with van der Waals surface area (Å²) in [5.74, 6) is 2.21. The molecule has 0 atom stereocenters. The highest BCUT2D eigenvalue weighted by atomic mass is 16.6. The summed E-state index contributed by atoms with van der Waals surface area (Å²) in [4.78, 5) is 29.4. The number of amides is 2. The fourth-order valence-electron chi connectivity index (χ4n) is 4.48. The monoisotopic (exact) mass is 628 g/mol. The molecule has 0 fully saturated rings. The second kappa shape index (κ2) is 23.9. The number of rotatable bonds is 26. The van der Waals surface area contributed by atoms with Crippen LogP contribution in [0.1, 0.15) is 79.1 Å². The van der Waals surface area contributed by atoms with E-state index in [1.54, 1.807) is 12.1 Å². The third-order valence-electron chi connectivity index (χ3n) is 7.20. The Bertz CT molecular complexity index is 981. The predicted molar refractivity (Wildman–Crippen MR) is 178 cm³/mol. The number of carbonyl (C=O) groups is 2. The topological polar surface area (TPSA) is 86.8 Å². The van der Waals surface area contributed by atoms with Gasteiger partial charge < -0.3 is 33.5 Å². The third kappa shape index (κ3) is 15.4. The van der Waals surface area contributed by atoms with Gasteiger partial charge in [-0.25, -0.2) is 0 Å². The van der Waals surface area contributed by atoms with Crippen molar-refractivity contribution in [2.24, 2.45) is 0 Å². The molecule has 0 radical (unpaired) electrons. The maximum Gasteiger partial charge on any atom is 0.260 e. The van der Waals surface area contributed by atoms with E-state index in [1.165, 1.54) is 0 Å². The molecule has 0 heterocycles. The van der Waals surface area contributed by atoms with Crippen molar-refractivity contribution < 1.29 is 33.3 Å². The van der Waals surface area contributed by atoms with Gasteiger partial charge >= 0.3 is 0 Å². The lowest BCUT2D eigenvalue weighted by Crippen LogP contribution is -2.36. The van der Waals surface area contributed by atoms with E-state index in [2.05, 4.69) is 27.7 Å². The molecule has 2 rings (SSSR count). The van der Waals surface area contributed by atoms with Crippen molar-refractivity contribution in [1.29, 1.82) is 0 Å². The number of nitrogens with zero attached hydrogens (tertiary/aromatic N) is 2. The number of para-hydroxylation sites is 4. The summed E-state index contributed by atoms with van der Waals surface area (Å²) in [7, 11) is 0. The van der Waals surface area contributed by atoms with E-state index >= 15 is 0 Å². The smallest absolute Gasteiger partial charge is 0.260 e. The molecular weight excluding hydrogens is 572 g/mol. The molecule has 9 nitrogen and oxygen atoms in total. The van der Waals surface area contributed by atoms with E-state index in [0.29, 0.717) is 49.4 Å². The SMILES string of the molecule is CCCCN(CCCC)C(=O)COc1ccccc1OCCOCCOc1ccccc1OCC(=O)N(CCCC)CCCC. The molecule has 2 aromatic carbocycles. The van der Waals surface area contributed by atoms with Gasteiger partial charge in [-0.1, -0.05) is 77.6 Å². The summed E-state index contributed by atoms with van der Waals surface area (Å²) in [6.07, 6.45) is 8.12. The first-order chi connectivity index (χ1) is 22.0. The van der Waals surface area contributed by atoms with E-state index in [0.717, 1.165) is 77.5 Å². The van der Waals surface area contributed by atoms with Crippen molar-refractivity contribution >= 4 is 11.8 Å². The molecule has 0 aliphatic rings. The van der Waals surface area contributed by atoms with E-state index in [-0.39, 0.29) is 25.0 Å². The van der Waals surface area contributed by atoms with Gasteiger partial charge in [0.05, 0.1) is 13.2 Å². The molecule has 0 spiro atoms. The number of ether oxygens (including phenoxy) is 5. The Balaban J connectivity index is 1.74. The van der Waals surface area contributed by atoms with Gasteiger partial charge in [0.15, 0.2) is 36.2 Å². The Kier molecular flexibility index (Phi) is 20.0. The number of unbranched alkanes of at least 4 members (excludes halogenated alkanes) is 4. The van der Waals surface area contributed by atoms with E-state index < -0.39 is 0 Å². The Morgan fingerprint density at radius 1 is 0.489 bits per heavy atom. The lowest BCUT2D eigenvalue weighted by atomic mass is 10.2. The van der Waals surface area contributed by atoms with Crippen LogP contribution in [0, 0.1) is 0 Å². The molecule has 0 aliphatic heterocycles. The summed E-state index contributed by atoms with van der Waals surface area (Å²) < 4.78 is 29.2. The molecular formula is C36H56N2O7. The van der Waals surface area contributed by atoms with Gasteiger partial charge in [0, 0.05) is 26.2 Å². The Hall–Kier alpha value is -3.46. The van der Waals surface area contributed by atoms with Gasteiger partial charge in [0.25, 0.3) is 11.8 Å². The van der Waals surface area contributed by atoms with Gasteiger partial charge in [-0.15, -0.1) is 0 Å². The van der Waals surface area contributed by atoms with E-state index in [9.17, 15) is 9.59 Å². The minimum atomic E-state index is -0.0169. The molecule has 0 N–H and O–H groups in total. The van der Waals surface area contributed by atoms with Gasteiger partial charge in [0.1, 0.15) is 13.2 Å². The lowest BCUT2D eigenvalue weighted by molar-refractivity contribution is -0.134. The summed E-state index contributed by atoms with van der Waals surface area (Å²) in [5.41, 5.74) is 0. The van der Waals surface area contributed by atoms with Crippen molar-refractivity contribution in [2.75, 3.05) is 65.8 Å². The van der Waals surface area contributed by atoms with Gasteiger partial charge in [-0.05, 0) is 49.9 Å². The summed E-state index contributed by atoms with van der Waals surface area (Å²) >= 11 is 0. The summed E-state index contributed by atoms with van der Waals surface area (Å²) in [5, 5.41) is 0. The zero-order valence-corrected chi connectivity index (χ0v) is 28.1. The minimum absolute atomic E-state index is 0.00507. The maximum absolute atomic E-state index is 12.8. The number of hydrogen-bond acceptors (Lipinski definition) is 7. The molecule has 0 aliphatic carbocycles. The van der Waals surface area contributed by atoms with Crippen LogP contribution in [0.15, 0.2) is 48.5 Å². The predicted octanol–water partition coefficient (Wildman–Crippen LogP) is 6.78. The highest BCUT2D eigenvalue weighted by molar-refractivity contribution is 5.78. The molecule has 45 heavy (non-hydrogen) atoms. The van der Waals surface area contributed by atoms with Crippen molar-refractivity contribution in [3.63, 3.8) is 0 Å². The van der Waals surface area contributed by atoms with Gasteiger partial charge in [-0.2, -0.15) is 0 Å². The first-order valence-corrected chi connectivity index (χ1v) is 16.9. The van der Waals surface area contributed by atoms with Crippen LogP contribution in [0.3, 0.4) is 0 Å². The van der Waals surface area contributed by atoms with Crippen LogP contribution in [0.2, 0.25) is 0 Å². The normalized spacial score (nSPS) is 10.8. The molecule has 0 bridgehead atoms. The van der Waals surface area contributed by atoms with Crippen LogP contribution >= 0.6 is 0 Å². The van der Waals surface area contributed by atoms with Crippen LogP contribution in [0.4, 0.5) is 0 Å². The van der Waals surface area contributed by atoms with Crippen LogP contribution in [0.25, 0.3) is 0 Å². The molecule has 9 heteroatoms. The van der Waals surface area contributed by atoms with Crippen LogP contribution in [-0.4, -0.2) is 87.4 Å². The van der Waals surface area contributed by atoms with E-state index in [1.807, 2.05) is 46.2 Å². The Morgan fingerprint density at radius 3 is 1.11 bits per heavy atom. The van der Waals surface area contributed by atoms with E-state index in [4.69, 9.17) is 23.7 Å². The average molecular weight is 629 g/mol.